The number of carbonyl (C=O) groups excluding carboxylic acids is 2. The van der Waals surface area contributed by atoms with Crippen LogP contribution in [0.3, 0.4) is 0 Å². The first kappa shape index (κ1) is 19.7. The molecular formula is C23H25NO4. The molecule has 146 valence electrons. The lowest BCUT2D eigenvalue weighted by Crippen LogP contribution is -2.39. The van der Waals surface area contributed by atoms with Crippen molar-refractivity contribution in [3.05, 3.63) is 65.7 Å². The lowest BCUT2D eigenvalue weighted by molar-refractivity contribution is -0.127. The molecule has 1 aliphatic heterocycles. The van der Waals surface area contributed by atoms with E-state index in [0.29, 0.717) is 37.4 Å². The zero-order chi connectivity index (χ0) is 19.9. The molecule has 28 heavy (non-hydrogen) atoms. The molecule has 0 aliphatic carbocycles. The third-order valence-electron chi connectivity index (χ3n) is 5.08. The molecule has 0 aromatic heterocycles. The van der Waals surface area contributed by atoms with E-state index in [1.54, 1.807) is 37.3 Å². The SMILES string of the molecule is COc1ccc(C=CC(=O)N2CCC(C(=O)c3ccccc3)CC2)c(OC)c1. The van der Waals surface area contributed by atoms with E-state index in [2.05, 4.69) is 0 Å². The largest absolute Gasteiger partial charge is 0.497 e. The van der Waals surface area contributed by atoms with Crippen molar-refractivity contribution in [2.24, 2.45) is 5.92 Å². The second-order valence-electron chi connectivity index (χ2n) is 6.77. The van der Waals surface area contributed by atoms with Gasteiger partial charge in [-0.1, -0.05) is 30.3 Å². The molecule has 5 heteroatoms. The van der Waals surface area contributed by atoms with Gasteiger partial charge in [0.2, 0.25) is 5.91 Å². The minimum Gasteiger partial charge on any atom is -0.497 e. The van der Waals surface area contributed by atoms with Gasteiger partial charge in [0.05, 0.1) is 14.2 Å². The number of methoxy groups -OCH3 is 2. The fraction of sp³-hybridized carbons (Fsp3) is 0.304. The molecule has 2 aromatic rings. The van der Waals surface area contributed by atoms with Gasteiger partial charge in [-0.05, 0) is 31.1 Å². The van der Waals surface area contributed by atoms with Gasteiger partial charge >= 0.3 is 0 Å². The van der Waals surface area contributed by atoms with Gasteiger partial charge in [0.25, 0.3) is 0 Å². The van der Waals surface area contributed by atoms with Gasteiger partial charge in [-0.2, -0.15) is 0 Å². The van der Waals surface area contributed by atoms with Crippen molar-refractivity contribution in [3.63, 3.8) is 0 Å². The quantitative estimate of drug-likeness (QED) is 0.565. The van der Waals surface area contributed by atoms with Crippen LogP contribution in [0.4, 0.5) is 0 Å². The average Bonchev–Trinajstić information content (AvgIpc) is 2.77. The Labute approximate surface area is 165 Å². The number of rotatable bonds is 6. The lowest BCUT2D eigenvalue weighted by Gasteiger charge is -2.30. The Morgan fingerprint density at radius 2 is 1.71 bits per heavy atom. The summed E-state index contributed by atoms with van der Waals surface area (Å²) in [6, 6.07) is 14.8. The summed E-state index contributed by atoms with van der Waals surface area (Å²) in [5, 5.41) is 0. The topological polar surface area (TPSA) is 55.8 Å². The highest BCUT2D eigenvalue weighted by Crippen LogP contribution is 2.26. The van der Waals surface area contributed by atoms with E-state index in [1.807, 2.05) is 42.5 Å². The zero-order valence-corrected chi connectivity index (χ0v) is 16.3. The molecule has 1 aliphatic rings. The summed E-state index contributed by atoms with van der Waals surface area (Å²) in [5.41, 5.74) is 1.56. The highest BCUT2D eigenvalue weighted by Gasteiger charge is 2.27. The Morgan fingerprint density at radius 3 is 2.36 bits per heavy atom. The lowest BCUT2D eigenvalue weighted by atomic mass is 9.89. The van der Waals surface area contributed by atoms with Crippen LogP contribution in [-0.2, 0) is 4.79 Å². The van der Waals surface area contributed by atoms with Crippen molar-refractivity contribution in [2.75, 3.05) is 27.3 Å². The Balaban J connectivity index is 1.58. The maximum atomic E-state index is 12.6. The van der Waals surface area contributed by atoms with Crippen molar-refractivity contribution < 1.29 is 19.1 Å². The summed E-state index contributed by atoms with van der Waals surface area (Å²) < 4.78 is 10.5. The first-order valence-electron chi connectivity index (χ1n) is 9.40. The predicted molar refractivity (Wildman–Crippen MR) is 109 cm³/mol. The molecule has 1 fully saturated rings. The van der Waals surface area contributed by atoms with Crippen LogP contribution in [0.15, 0.2) is 54.6 Å². The monoisotopic (exact) mass is 379 g/mol. The average molecular weight is 379 g/mol. The molecule has 5 nitrogen and oxygen atoms in total. The first-order chi connectivity index (χ1) is 13.6. The molecule has 0 bridgehead atoms. The van der Waals surface area contributed by atoms with Crippen molar-refractivity contribution in [2.45, 2.75) is 12.8 Å². The number of amides is 1. The molecule has 1 saturated heterocycles. The molecule has 0 atom stereocenters. The van der Waals surface area contributed by atoms with Gasteiger partial charge in [0.15, 0.2) is 5.78 Å². The molecule has 0 unspecified atom stereocenters. The number of ether oxygens (including phenoxy) is 2. The predicted octanol–water partition coefficient (Wildman–Crippen LogP) is 3.84. The van der Waals surface area contributed by atoms with Gasteiger partial charge in [0, 0.05) is 42.3 Å². The maximum absolute atomic E-state index is 12.6. The van der Waals surface area contributed by atoms with Crippen LogP contribution in [0.25, 0.3) is 6.08 Å². The summed E-state index contributed by atoms with van der Waals surface area (Å²) in [5.74, 6) is 1.45. The Hall–Kier alpha value is -3.08. The molecule has 0 N–H and O–H groups in total. The molecule has 0 spiro atoms. The van der Waals surface area contributed by atoms with Crippen molar-refractivity contribution in [1.82, 2.24) is 4.90 Å². The van der Waals surface area contributed by atoms with Crippen LogP contribution in [0.5, 0.6) is 11.5 Å². The summed E-state index contributed by atoms with van der Waals surface area (Å²) in [6.45, 7) is 1.18. The normalized spacial score (nSPS) is 14.9. The van der Waals surface area contributed by atoms with Gasteiger partial charge in [-0.25, -0.2) is 0 Å². The van der Waals surface area contributed by atoms with E-state index in [9.17, 15) is 9.59 Å². The number of piperidine rings is 1. The fourth-order valence-electron chi connectivity index (χ4n) is 3.42. The molecule has 0 radical (unpaired) electrons. The number of carbonyl (C=O) groups is 2. The van der Waals surface area contributed by atoms with E-state index < -0.39 is 0 Å². The van der Waals surface area contributed by atoms with E-state index in [0.717, 1.165) is 11.1 Å². The molecule has 2 aromatic carbocycles. The van der Waals surface area contributed by atoms with E-state index in [4.69, 9.17) is 9.47 Å². The highest BCUT2D eigenvalue weighted by molar-refractivity contribution is 5.98. The van der Waals surface area contributed by atoms with E-state index in [1.165, 1.54) is 0 Å². The van der Waals surface area contributed by atoms with Crippen molar-refractivity contribution in [1.29, 1.82) is 0 Å². The van der Waals surface area contributed by atoms with Gasteiger partial charge in [-0.15, -0.1) is 0 Å². The standard InChI is InChI=1S/C23H25NO4/c1-27-20-10-8-17(21(16-20)28-2)9-11-22(25)24-14-12-19(13-15-24)23(26)18-6-4-3-5-7-18/h3-11,16,19H,12-15H2,1-2H3. The summed E-state index contributed by atoms with van der Waals surface area (Å²) in [7, 11) is 3.18. The zero-order valence-electron chi connectivity index (χ0n) is 16.3. The highest BCUT2D eigenvalue weighted by atomic mass is 16.5. The molecular weight excluding hydrogens is 354 g/mol. The van der Waals surface area contributed by atoms with Gasteiger partial charge in [0.1, 0.15) is 11.5 Å². The summed E-state index contributed by atoms with van der Waals surface area (Å²) in [6.07, 6.45) is 4.70. The minimum atomic E-state index is -0.0523. The number of hydrogen-bond acceptors (Lipinski definition) is 4. The number of hydrogen-bond donors (Lipinski definition) is 0. The molecule has 1 heterocycles. The summed E-state index contributed by atoms with van der Waals surface area (Å²) >= 11 is 0. The number of likely N-dealkylation sites (tertiary alicyclic amines) is 1. The number of ketones is 1. The summed E-state index contributed by atoms with van der Waals surface area (Å²) in [4.78, 5) is 26.9. The second kappa shape index (κ2) is 9.22. The number of nitrogens with zero attached hydrogens (tertiary/aromatic N) is 1. The first-order valence-corrected chi connectivity index (χ1v) is 9.40. The third-order valence-corrected chi connectivity index (χ3v) is 5.08. The van der Waals surface area contributed by atoms with Crippen LogP contribution >= 0.6 is 0 Å². The van der Waals surface area contributed by atoms with Gasteiger partial charge in [-0.3, -0.25) is 9.59 Å². The number of benzene rings is 2. The van der Waals surface area contributed by atoms with E-state index >= 15 is 0 Å². The van der Waals surface area contributed by atoms with Crippen LogP contribution in [0, 0.1) is 5.92 Å². The van der Waals surface area contributed by atoms with Gasteiger partial charge < -0.3 is 14.4 Å². The smallest absolute Gasteiger partial charge is 0.246 e. The van der Waals surface area contributed by atoms with Crippen LogP contribution < -0.4 is 9.47 Å². The Bertz CT molecular complexity index is 852. The van der Waals surface area contributed by atoms with Crippen LogP contribution in [0.2, 0.25) is 0 Å². The fourth-order valence-corrected chi connectivity index (χ4v) is 3.42. The second-order valence-corrected chi connectivity index (χ2v) is 6.77. The number of Topliss-reactive ketones (excluding diaryl/α,β-unsaturated/α-hetero) is 1. The van der Waals surface area contributed by atoms with Crippen LogP contribution in [-0.4, -0.2) is 43.9 Å². The Kier molecular flexibility index (Phi) is 6.48. The minimum absolute atomic E-state index is 0.0166. The van der Waals surface area contributed by atoms with Crippen molar-refractivity contribution >= 4 is 17.8 Å². The Morgan fingerprint density at radius 1 is 1.00 bits per heavy atom. The maximum Gasteiger partial charge on any atom is 0.246 e. The molecule has 0 saturated carbocycles. The molecule has 3 rings (SSSR count). The van der Waals surface area contributed by atoms with Crippen molar-refractivity contribution in [3.8, 4) is 11.5 Å². The van der Waals surface area contributed by atoms with Crippen LogP contribution in [0.1, 0.15) is 28.8 Å². The van der Waals surface area contributed by atoms with E-state index in [-0.39, 0.29) is 17.6 Å². The molecule has 1 amide bonds. The third kappa shape index (κ3) is 4.60.